The lowest BCUT2D eigenvalue weighted by atomic mass is 10.1. The van der Waals surface area contributed by atoms with Crippen LogP contribution in [0.25, 0.3) is 0 Å². The summed E-state index contributed by atoms with van der Waals surface area (Å²) in [4.78, 5) is 13.3. The van der Waals surface area contributed by atoms with Crippen molar-refractivity contribution < 1.29 is 9.53 Å². The Hall–Kier alpha value is -1.06. The first-order valence-corrected chi connectivity index (χ1v) is 6.73. The van der Waals surface area contributed by atoms with Crippen LogP contribution in [0.4, 0.5) is 5.69 Å². The highest BCUT2D eigenvalue weighted by Crippen LogP contribution is 2.26. The van der Waals surface area contributed by atoms with Crippen LogP contribution >= 0.6 is 11.6 Å². The zero-order chi connectivity index (χ0) is 13.0. The van der Waals surface area contributed by atoms with Crippen molar-refractivity contribution in [1.29, 1.82) is 0 Å². The molecule has 0 bridgehead atoms. The third-order valence-corrected chi connectivity index (χ3v) is 3.47. The molecule has 18 heavy (non-hydrogen) atoms. The number of nitrogens with zero attached hydrogens (tertiary/aromatic N) is 1. The maximum atomic E-state index is 11.1. The average Bonchev–Trinajstić information content (AvgIpc) is 2.39. The first-order chi connectivity index (χ1) is 8.74. The summed E-state index contributed by atoms with van der Waals surface area (Å²) in [5.41, 5.74) is 1.61. The number of aldehydes is 1. The summed E-state index contributed by atoms with van der Waals surface area (Å²) in [5, 5.41) is 0.596. The normalized spacial score (nSPS) is 19.9. The molecule has 1 atom stereocenters. The number of hydrogen-bond donors (Lipinski definition) is 0. The number of benzene rings is 1. The van der Waals surface area contributed by atoms with E-state index in [4.69, 9.17) is 16.3 Å². The number of carbonyl (C=O) groups excluding carboxylic acids is 1. The van der Waals surface area contributed by atoms with Gasteiger partial charge in [-0.05, 0) is 38.0 Å². The SMILES string of the molecule is CCOC1CCCN(c2ccc(Cl)cc2C=O)C1. The Balaban J connectivity index is 2.17. The molecule has 1 aromatic carbocycles. The van der Waals surface area contributed by atoms with Gasteiger partial charge in [-0.3, -0.25) is 4.79 Å². The van der Waals surface area contributed by atoms with Crippen LogP contribution in [0.3, 0.4) is 0 Å². The van der Waals surface area contributed by atoms with E-state index in [9.17, 15) is 4.79 Å². The Morgan fingerprint density at radius 1 is 1.56 bits per heavy atom. The molecule has 1 heterocycles. The number of piperidine rings is 1. The highest BCUT2D eigenvalue weighted by molar-refractivity contribution is 6.31. The van der Waals surface area contributed by atoms with Crippen molar-refractivity contribution in [2.24, 2.45) is 0 Å². The largest absolute Gasteiger partial charge is 0.377 e. The molecule has 1 aromatic rings. The van der Waals surface area contributed by atoms with Gasteiger partial charge in [0.1, 0.15) is 0 Å². The van der Waals surface area contributed by atoms with Crippen LogP contribution in [-0.2, 0) is 4.74 Å². The van der Waals surface area contributed by atoms with Gasteiger partial charge in [0.25, 0.3) is 0 Å². The van der Waals surface area contributed by atoms with E-state index in [1.165, 1.54) is 0 Å². The maximum Gasteiger partial charge on any atom is 0.152 e. The fourth-order valence-electron chi connectivity index (χ4n) is 2.44. The maximum absolute atomic E-state index is 11.1. The molecule has 98 valence electrons. The van der Waals surface area contributed by atoms with E-state index >= 15 is 0 Å². The second-order valence-corrected chi connectivity index (χ2v) is 4.92. The van der Waals surface area contributed by atoms with E-state index in [-0.39, 0.29) is 6.10 Å². The van der Waals surface area contributed by atoms with Gasteiger partial charge in [-0.15, -0.1) is 0 Å². The van der Waals surface area contributed by atoms with Crippen LogP contribution in [0.5, 0.6) is 0 Å². The predicted octanol–water partition coefficient (Wildman–Crippen LogP) is 3.16. The Morgan fingerprint density at radius 3 is 3.11 bits per heavy atom. The minimum atomic E-state index is 0.263. The first-order valence-electron chi connectivity index (χ1n) is 6.36. The fraction of sp³-hybridized carbons (Fsp3) is 0.500. The zero-order valence-electron chi connectivity index (χ0n) is 10.6. The summed E-state index contributed by atoms with van der Waals surface area (Å²) in [6.45, 7) is 4.56. The highest BCUT2D eigenvalue weighted by atomic mass is 35.5. The van der Waals surface area contributed by atoms with Crippen LogP contribution in [0.15, 0.2) is 18.2 Å². The molecule has 0 amide bonds. The summed E-state index contributed by atoms with van der Waals surface area (Å²) < 4.78 is 5.68. The Kier molecular flexibility index (Phi) is 4.61. The molecular weight excluding hydrogens is 250 g/mol. The molecule has 1 aliphatic heterocycles. The van der Waals surface area contributed by atoms with Crippen LogP contribution in [-0.4, -0.2) is 32.1 Å². The molecule has 1 fully saturated rings. The van der Waals surface area contributed by atoms with Gasteiger partial charge in [0.2, 0.25) is 0 Å². The lowest BCUT2D eigenvalue weighted by Crippen LogP contribution is -2.40. The van der Waals surface area contributed by atoms with Crippen LogP contribution in [0.2, 0.25) is 5.02 Å². The molecule has 2 rings (SSSR count). The molecular formula is C14H18ClNO2. The topological polar surface area (TPSA) is 29.5 Å². The smallest absolute Gasteiger partial charge is 0.152 e. The molecule has 0 spiro atoms. The van der Waals surface area contributed by atoms with E-state index in [1.54, 1.807) is 6.07 Å². The van der Waals surface area contributed by atoms with Crippen LogP contribution in [0, 0.1) is 0 Å². The number of halogens is 1. The second-order valence-electron chi connectivity index (χ2n) is 4.49. The highest BCUT2D eigenvalue weighted by Gasteiger charge is 2.21. The van der Waals surface area contributed by atoms with Gasteiger partial charge in [0.15, 0.2) is 6.29 Å². The van der Waals surface area contributed by atoms with Gasteiger partial charge in [0, 0.05) is 36.0 Å². The van der Waals surface area contributed by atoms with E-state index in [1.807, 2.05) is 19.1 Å². The molecule has 3 nitrogen and oxygen atoms in total. The third-order valence-electron chi connectivity index (χ3n) is 3.24. The first kappa shape index (κ1) is 13.4. The van der Waals surface area contributed by atoms with Crippen molar-refractivity contribution in [2.75, 3.05) is 24.6 Å². The second kappa shape index (κ2) is 6.21. The average molecular weight is 268 g/mol. The van der Waals surface area contributed by atoms with Crippen LogP contribution < -0.4 is 4.90 Å². The number of carbonyl (C=O) groups is 1. The van der Waals surface area contributed by atoms with Crippen molar-refractivity contribution in [1.82, 2.24) is 0 Å². The van der Waals surface area contributed by atoms with Gasteiger partial charge in [-0.2, -0.15) is 0 Å². The van der Waals surface area contributed by atoms with Gasteiger partial charge in [-0.25, -0.2) is 0 Å². The van der Waals surface area contributed by atoms with E-state index in [2.05, 4.69) is 4.90 Å². The van der Waals surface area contributed by atoms with Crippen molar-refractivity contribution in [2.45, 2.75) is 25.9 Å². The lowest BCUT2D eigenvalue weighted by Gasteiger charge is -2.34. The van der Waals surface area contributed by atoms with Crippen molar-refractivity contribution in [3.63, 3.8) is 0 Å². The number of hydrogen-bond acceptors (Lipinski definition) is 3. The van der Waals surface area contributed by atoms with E-state index in [0.29, 0.717) is 10.6 Å². The van der Waals surface area contributed by atoms with Gasteiger partial charge >= 0.3 is 0 Å². The Morgan fingerprint density at radius 2 is 2.39 bits per heavy atom. The molecule has 0 aliphatic carbocycles. The molecule has 1 aliphatic rings. The monoisotopic (exact) mass is 267 g/mol. The van der Waals surface area contributed by atoms with Crippen molar-refractivity contribution in [3.05, 3.63) is 28.8 Å². The van der Waals surface area contributed by atoms with Gasteiger partial charge in [-0.1, -0.05) is 11.6 Å². The minimum absolute atomic E-state index is 0.263. The summed E-state index contributed by atoms with van der Waals surface area (Å²) in [6, 6.07) is 5.46. The Bertz CT molecular complexity index is 420. The third kappa shape index (κ3) is 3.03. The molecule has 1 unspecified atom stereocenters. The van der Waals surface area contributed by atoms with Crippen molar-refractivity contribution in [3.8, 4) is 0 Å². The summed E-state index contributed by atoms with van der Waals surface area (Å²) in [5.74, 6) is 0. The standard InChI is InChI=1S/C14H18ClNO2/c1-2-18-13-4-3-7-16(9-13)14-6-5-12(15)8-11(14)10-17/h5-6,8,10,13H,2-4,7,9H2,1H3. The molecule has 4 heteroatoms. The summed E-state index contributed by atoms with van der Waals surface area (Å²) >= 11 is 5.91. The molecule has 0 saturated carbocycles. The Labute approximate surface area is 113 Å². The van der Waals surface area contributed by atoms with E-state index < -0.39 is 0 Å². The minimum Gasteiger partial charge on any atom is -0.377 e. The van der Waals surface area contributed by atoms with Crippen molar-refractivity contribution >= 4 is 23.6 Å². The van der Waals surface area contributed by atoms with E-state index in [0.717, 1.165) is 44.5 Å². The van der Waals surface area contributed by atoms with Gasteiger partial charge < -0.3 is 9.64 Å². The number of anilines is 1. The quantitative estimate of drug-likeness (QED) is 0.785. The number of rotatable bonds is 4. The molecule has 0 aromatic heterocycles. The lowest BCUT2D eigenvalue weighted by molar-refractivity contribution is 0.0526. The predicted molar refractivity (Wildman–Crippen MR) is 73.7 cm³/mol. The molecule has 1 saturated heterocycles. The van der Waals surface area contributed by atoms with Gasteiger partial charge in [0.05, 0.1) is 6.10 Å². The zero-order valence-corrected chi connectivity index (χ0v) is 11.3. The molecule has 0 N–H and O–H groups in total. The molecule has 0 radical (unpaired) electrons. The van der Waals surface area contributed by atoms with Crippen LogP contribution in [0.1, 0.15) is 30.1 Å². The number of ether oxygens (including phenoxy) is 1. The summed E-state index contributed by atoms with van der Waals surface area (Å²) in [6.07, 6.45) is 3.31. The fourth-order valence-corrected chi connectivity index (χ4v) is 2.62. The summed E-state index contributed by atoms with van der Waals surface area (Å²) in [7, 11) is 0.